The van der Waals surface area contributed by atoms with Gasteiger partial charge in [0.2, 0.25) is 5.76 Å². The number of para-hydroxylation sites is 1. The molecule has 35 heavy (non-hydrogen) atoms. The van der Waals surface area contributed by atoms with E-state index < -0.39 is 11.8 Å². The molecule has 2 aromatic heterocycles. The number of furan rings is 1. The highest BCUT2D eigenvalue weighted by atomic mass is 35.5. The molecule has 0 aliphatic carbocycles. The van der Waals surface area contributed by atoms with Crippen LogP contribution in [0.15, 0.2) is 77.2 Å². The predicted octanol–water partition coefficient (Wildman–Crippen LogP) is 5.99. The van der Waals surface area contributed by atoms with Crippen molar-refractivity contribution in [1.82, 2.24) is 10.2 Å². The van der Waals surface area contributed by atoms with Gasteiger partial charge in [-0.15, -0.1) is 0 Å². The van der Waals surface area contributed by atoms with Gasteiger partial charge in [0.25, 0.3) is 11.8 Å². The molecule has 9 heteroatoms. The first-order valence-electron chi connectivity index (χ1n) is 10.6. The summed E-state index contributed by atoms with van der Waals surface area (Å²) in [6, 6.07) is 20.3. The minimum atomic E-state index is -0.534. The van der Waals surface area contributed by atoms with Gasteiger partial charge < -0.3 is 20.2 Å². The zero-order valence-corrected chi connectivity index (χ0v) is 19.2. The number of aromatic amines is 1. The van der Waals surface area contributed by atoms with E-state index >= 15 is 0 Å². The van der Waals surface area contributed by atoms with Crippen molar-refractivity contribution in [3.05, 3.63) is 94.8 Å². The molecular formula is C26H19ClN4O4. The van der Waals surface area contributed by atoms with E-state index in [1.807, 2.05) is 13.0 Å². The SMILES string of the molecule is Cc1ccc(-c2cc(C(=O)Nc3c(C(=O)Nc4ccc(Cl)cc4)oc4ccccc34)[nH]n2)c(O)c1. The van der Waals surface area contributed by atoms with E-state index in [0.29, 0.717) is 32.9 Å². The van der Waals surface area contributed by atoms with Gasteiger partial charge in [0.05, 0.1) is 5.69 Å². The Morgan fingerprint density at radius 2 is 1.74 bits per heavy atom. The Hall–Kier alpha value is -4.56. The third kappa shape index (κ3) is 4.47. The van der Waals surface area contributed by atoms with E-state index in [-0.39, 0.29) is 22.9 Å². The number of anilines is 2. The Balaban J connectivity index is 1.45. The molecule has 0 radical (unpaired) electrons. The molecular weight excluding hydrogens is 468 g/mol. The summed E-state index contributed by atoms with van der Waals surface area (Å²) in [5.41, 5.74) is 3.14. The predicted molar refractivity (Wildman–Crippen MR) is 134 cm³/mol. The molecule has 0 unspecified atom stereocenters. The van der Waals surface area contributed by atoms with Crippen LogP contribution in [0.25, 0.3) is 22.2 Å². The lowest BCUT2D eigenvalue weighted by Gasteiger charge is -2.07. The number of nitrogens with one attached hydrogen (secondary N) is 3. The first kappa shape index (κ1) is 22.2. The summed E-state index contributed by atoms with van der Waals surface area (Å²) >= 11 is 5.92. The molecule has 4 N–H and O–H groups in total. The number of hydrogen-bond donors (Lipinski definition) is 4. The molecule has 0 fully saturated rings. The summed E-state index contributed by atoms with van der Waals surface area (Å²) < 4.78 is 5.78. The van der Waals surface area contributed by atoms with Crippen LogP contribution in [0, 0.1) is 6.92 Å². The molecule has 5 rings (SSSR count). The monoisotopic (exact) mass is 486 g/mol. The maximum atomic E-state index is 13.1. The van der Waals surface area contributed by atoms with Crippen molar-refractivity contribution < 1.29 is 19.1 Å². The van der Waals surface area contributed by atoms with Crippen LogP contribution in [0.4, 0.5) is 11.4 Å². The molecule has 2 amide bonds. The van der Waals surface area contributed by atoms with Crippen molar-refractivity contribution in [2.75, 3.05) is 10.6 Å². The zero-order valence-electron chi connectivity index (χ0n) is 18.4. The topological polar surface area (TPSA) is 120 Å². The summed E-state index contributed by atoms with van der Waals surface area (Å²) in [7, 11) is 0. The van der Waals surface area contributed by atoms with Crippen LogP contribution >= 0.6 is 11.6 Å². The minimum absolute atomic E-state index is 0.0505. The smallest absolute Gasteiger partial charge is 0.293 e. The van der Waals surface area contributed by atoms with Gasteiger partial charge in [-0.1, -0.05) is 29.8 Å². The van der Waals surface area contributed by atoms with Crippen molar-refractivity contribution in [1.29, 1.82) is 0 Å². The van der Waals surface area contributed by atoms with Gasteiger partial charge in [0.1, 0.15) is 22.7 Å². The Labute approximate surface area is 204 Å². The summed E-state index contributed by atoms with van der Waals surface area (Å²) in [6.07, 6.45) is 0. The molecule has 5 aromatic rings. The van der Waals surface area contributed by atoms with Crippen molar-refractivity contribution >= 4 is 45.8 Å². The van der Waals surface area contributed by atoms with Crippen LogP contribution in [-0.2, 0) is 0 Å². The van der Waals surface area contributed by atoms with Crippen molar-refractivity contribution in [3.63, 3.8) is 0 Å². The Bertz CT molecular complexity index is 1570. The number of H-pyrrole nitrogens is 1. The highest BCUT2D eigenvalue weighted by Crippen LogP contribution is 2.33. The molecule has 174 valence electrons. The second kappa shape index (κ2) is 9.00. The van der Waals surface area contributed by atoms with Crippen LogP contribution in [0.3, 0.4) is 0 Å². The van der Waals surface area contributed by atoms with Gasteiger partial charge in [-0.2, -0.15) is 5.10 Å². The van der Waals surface area contributed by atoms with Crippen LogP contribution in [0.1, 0.15) is 26.6 Å². The maximum Gasteiger partial charge on any atom is 0.293 e. The maximum absolute atomic E-state index is 13.1. The molecule has 0 saturated carbocycles. The fourth-order valence-electron chi connectivity index (χ4n) is 3.67. The fourth-order valence-corrected chi connectivity index (χ4v) is 3.79. The number of halogens is 1. The average Bonchev–Trinajstić information content (AvgIpc) is 3.46. The average molecular weight is 487 g/mol. The molecule has 0 bridgehead atoms. The number of aromatic hydroxyl groups is 1. The second-order valence-electron chi connectivity index (χ2n) is 7.90. The van der Waals surface area contributed by atoms with E-state index in [4.69, 9.17) is 16.0 Å². The van der Waals surface area contributed by atoms with Crippen LogP contribution in [-0.4, -0.2) is 27.1 Å². The number of amides is 2. The van der Waals surface area contributed by atoms with Crippen molar-refractivity contribution in [3.8, 4) is 17.0 Å². The molecule has 2 heterocycles. The van der Waals surface area contributed by atoms with Gasteiger partial charge in [-0.05, 0) is 67.1 Å². The zero-order chi connectivity index (χ0) is 24.5. The van der Waals surface area contributed by atoms with Crippen molar-refractivity contribution in [2.24, 2.45) is 0 Å². The number of phenolic OH excluding ortho intramolecular Hbond substituents is 1. The number of hydrogen-bond acceptors (Lipinski definition) is 5. The summed E-state index contributed by atoms with van der Waals surface area (Å²) in [5.74, 6) is -1.05. The van der Waals surface area contributed by atoms with Gasteiger partial charge in [-0.25, -0.2) is 0 Å². The Morgan fingerprint density at radius 1 is 0.971 bits per heavy atom. The third-order valence-corrected chi connectivity index (χ3v) is 5.65. The number of fused-ring (bicyclic) bond motifs is 1. The fraction of sp³-hybridized carbons (Fsp3) is 0.0385. The normalized spacial score (nSPS) is 10.9. The summed E-state index contributed by atoms with van der Waals surface area (Å²) in [5, 5.41) is 23.7. The molecule has 3 aromatic carbocycles. The molecule has 0 aliphatic heterocycles. The van der Waals surface area contributed by atoms with Gasteiger partial charge >= 0.3 is 0 Å². The number of nitrogens with zero attached hydrogens (tertiary/aromatic N) is 1. The number of aromatic nitrogens is 2. The van der Waals surface area contributed by atoms with E-state index in [9.17, 15) is 14.7 Å². The number of phenols is 1. The number of aryl methyl sites for hydroxylation is 1. The van der Waals surface area contributed by atoms with Crippen LogP contribution in [0.2, 0.25) is 5.02 Å². The lowest BCUT2D eigenvalue weighted by atomic mass is 10.1. The highest BCUT2D eigenvalue weighted by Gasteiger charge is 2.24. The lowest BCUT2D eigenvalue weighted by Crippen LogP contribution is -2.17. The molecule has 0 atom stereocenters. The van der Waals surface area contributed by atoms with E-state index in [0.717, 1.165) is 5.56 Å². The highest BCUT2D eigenvalue weighted by molar-refractivity contribution is 6.30. The van der Waals surface area contributed by atoms with Gasteiger partial charge in [-0.3, -0.25) is 14.7 Å². The summed E-state index contributed by atoms with van der Waals surface area (Å²) in [6.45, 7) is 1.86. The largest absolute Gasteiger partial charge is 0.507 e. The first-order chi connectivity index (χ1) is 16.9. The van der Waals surface area contributed by atoms with E-state index in [1.54, 1.807) is 60.7 Å². The van der Waals surface area contributed by atoms with E-state index in [1.165, 1.54) is 6.07 Å². The van der Waals surface area contributed by atoms with E-state index in [2.05, 4.69) is 20.8 Å². The van der Waals surface area contributed by atoms with Crippen molar-refractivity contribution in [2.45, 2.75) is 6.92 Å². The molecule has 0 spiro atoms. The molecule has 0 aliphatic rings. The van der Waals surface area contributed by atoms with Crippen LogP contribution < -0.4 is 10.6 Å². The van der Waals surface area contributed by atoms with Gasteiger partial charge in [0, 0.05) is 21.7 Å². The summed E-state index contributed by atoms with van der Waals surface area (Å²) in [4.78, 5) is 26.1. The number of rotatable bonds is 5. The number of carbonyl (C=O) groups excluding carboxylic acids is 2. The molecule has 0 saturated heterocycles. The quantitative estimate of drug-likeness (QED) is 0.243. The first-order valence-corrected chi connectivity index (χ1v) is 11.0. The van der Waals surface area contributed by atoms with Gasteiger partial charge in [0.15, 0.2) is 0 Å². The number of carbonyl (C=O) groups is 2. The Morgan fingerprint density at radius 3 is 2.51 bits per heavy atom. The van der Waals surface area contributed by atoms with Crippen LogP contribution in [0.5, 0.6) is 5.75 Å². The third-order valence-electron chi connectivity index (χ3n) is 5.39. The number of benzene rings is 3. The standard InChI is InChI=1S/C26H19ClN4O4/c1-14-6-11-17(21(32)12-14)19-13-20(31-30-19)25(33)29-23-18-4-2-3-5-22(18)35-24(23)26(34)28-16-9-7-15(27)8-10-16/h2-13,32H,1H3,(H,28,34)(H,29,33)(H,30,31). The minimum Gasteiger partial charge on any atom is -0.507 e. The second-order valence-corrected chi connectivity index (χ2v) is 8.34. The lowest BCUT2D eigenvalue weighted by molar-refractivity contribution is 0.0999. The Kier molecular flexibility index (Phi) is 5.72. The molecule has 8 nitrogen and oxygen atoms in total.